The smallest absolute Gasteiger partial charge is 0.258 e. The van der Waals surface area contributed by atoms with Crippen LogP contribution in [0.4, 0.5) is 0 Å². The van der Waals surface area contributed by atoms with Crippen LogP contribution in [0.2, 0.25) is 0 Å². The number of aromatic nitrogens is 1. The Morgan fingerprint density at radius 3 is 2.32 bits per heavy atom. The predicted molar refractivity (Wildman–Crippen MR) is 99.0 cm³/mol. The fourth-order valence-electron chi connectivity index (χ4n) is 2.89. The number of rotatable bonds is 6. The summed E-state index contributed by atoms with van der Waals surface area (Å²) in [4.78, 5) is 12.0. The number of nitrogens with one attached hydrogen (secondary N) is 1. The standard InChI is InChI=1S/C21H22N2O2/c1-16-13-18(17(2)23(16)19-9-5-3-6-10-19)14-22-21(24)15-25-20-11-7-4-8-12-20/h3-13H,14-15H2,1-2H3,(H,22,24). The van der Waals surface area contributed by atoms with Gasteiger partial charge in [0.1, 0.15) is 5.75 Å². The topological polar surface area (TPSA) is 43.3 Å². The second kappa shape index (κ2) is 7.71. The number of amides is 1. The maximum absolute atomic E-state index is 12.0. The minimum absolute atomic E-state index is 0.0153. The predicted octanol–water partition coefficient (Wildman–Crippen LogP) is 3.79. The van der Waals surface area contributed by atoms with Crippen molar-refractivity contribution in [1.29, 1.82) is 0 Å². The van der Waals surface area contributed by atoms with E-state index < -0.39 is 0 Å². The number of nitrogens with zero attached hydrogens (tertiary/aromatic N) is 1. The van der Waals surface area contributed by atoms with E-state index in [1.165, 1.54) is 0 Å². The first-order valence-corrected chi connectivity index (χ1v) is 8.33. The highest BCUT2D eigenvalue weighted by Crippen LogP contribution is 2.20. The molecule has 3 rings (SSSR count). The van der Waals surface area contributed by atoms with Crippen LogP contribution in [-0.4, -0.2) is 17.1 Å². The maximum atomic E-state index is 12.0. The van der Waals surface area contributed by atoms with Crippen LogP contribution in [0.3, 0.4) is 0 Å². The Bertz CT molecular complexity index is 839. The van der Waals surface area contributed by atoms with Gasteiger partial charge in [-0.2, -0.15) is 0 Å². The van der Waals surface area contributed by atoms with Gasteiger partial charge < -0.3 is 14.6 Å². The van der Waals surface area contributed by atoms with E-state index in [4.69, 9.17) is 4.74 Å². The molecule has 0 saturated heterocycles. The van der Waals surface area contributed by atoms with E-state index in [2.05, 4.69) is 41.9 Å². The fourth-order valence-corrected chi connectivity index (χ4v) is 2.89. The van der Waals surface area contributed by atoms with Gasteiger partial charge in [-0.25, -0.2) is 0 Å². The molecular formula is C21H22N2O2. The maximum Gasteiger partial charge on any atom is 0.258 e. The highest BCUT2D eigenvalue weighted by atomic mass is 16.5. The van der Waals surface area contributed by atoms with E-state index in [0.29, 0.717) is 12.3 Å². The van der Waals surface area contributed by atoms with Gasteiger partial charge in [0, 0.05) is 23.6 Å². The van der Waals surface area contributed by atoms with Gasteiger partial charge in [-0.15, -0.1) is 0 Å². The van der Waals surface area contributed by atoms with Gasteiger partial charge in [0.25, 0.3) is 5.91 Å². The lowest BCUT2D eigenvalue weighted by atomic mass is 10.2. The van der Waals surface area contributed by atoms with Crippen molar-refractivity contribution in [2.75, 3.05) is 6.61 Å². The van der Waals surface area contributed by atoms with Crippen LogP contribution >= 0.6 is 0 Å². The number of hydrogen-bond acceptors (Lipinski definition) is 2. The van der Waals surface area contributed by atoms with E-state index in [9.17, 15) is 4.79 Å². The molecule has 0 fully saturated rings. The second-order valence-electron chi connectivity index (χ2n) is 5.95. The Hall–Kier alpha value is -3.01. The first kappa shape index (κ1) is 16.8. The molecule has 0 unspecified atom stereocenters. The van der Waals surface area contributed by atoms with Gasteiger partial charge in [-0.05, 0) is 49.7 Å². The van der Waals surface area contributed by atoms with Crippen LogP contribution in [0.15, 0.2) is 66.7 Å². The van der Waals surface area contributed by atoms with Gasteiger partial charge in [0.05, 0.1) is 0 Å². The molecule has 0 aliphatic rings. The van der Waals surface area contributed by atoms with Gasteiger partial charge in [0.15, 0.2) is 6.61 Å². The van der Waals surface area contributed by atoms with Crippen LogP contribution in [0.1, 0.15) is 17.0 Å². The highest BCUT2D eigenvalue weighted by Gasteiger charge is 2.11. The quantitative estimate of drug-likeness (QED) is 0.745. The summed E-state index contributed by atoms with van der Waals surface area (Å²) in [7, 11) is 0. The van der Waals surface area contributed by atoms with Crippen molar-refractivity contribution in [3.8, 4) is 11.4 Å². The molecule has 128 valence electrons. The number of aryl methyl sites for hydroxylation is 1. The van der Waals surface area contributed by atoms with E-state index in [1.54, 1.807) is 0 Å². The Morgan fingerprint density at radius 2 is 1.64 bits per heavy atom. The van der Waals surface area contributed by atoms with Gasteiger partial charge in [-0.3, -0.25) is 4.79 Å². The summed E-state index contributed by atoms with van der Waals surface area (Å²) in [5, 5.41) is 2.92. The molecule has 0 spiro atoms. The first-order chi connectivity index (χ1) is 12.1. The number of hydrogen-bond donors (Lipinski definition) is 1. The molecule has 0 radical (unpaired) electrons. The number of carbonyl (C=O) groups is 1. The zero-order chi connectivity index (χ0) is 17.6. The third-order valence-electron chi connectivity index (χ3n) is 4.14. The summed E-state index contributed by atoms with van der Waals surface area (Å²) in [6, 6.07) is 21.7. The molecule has 0 saturated carbocycles. The first-order valence-electron chi connectivity index (χ1n) is 8.33. The molecule has 0 aliphatic carbocycles. The molecule has 25 heavy (non-hydrogen) atoms. The Balaban J connectivity index is 1.61. The number of benzene rings is 2. The third-order valence-corrected chi connectivity index (χ3v) is 4.14. The van der Waals surface area contributed by atoms with Gasteiger partial charge in [-0.1, -0.05) is 36.4 Å². The van der Waals surface area contributed by atoms with Crippen LogP contribution in [0.25, 0.3) is 5.69 Å². The minimum Gasteiger partial charge on any atom is -0.484 e. The molecule has 0 bridgehead atoms. The van der Waals surface area contributed by atoms with Crippen LogP contribution in [0.5, 0.6) is 5.75 Å². The normalized spacial score (nSPS) is 10.5. The zero-order valence-electron chi connectivity index (χ0n) is 14.5. The lowest BCUT2D eigenvalue weighted by Crippen LogP contribution is -2.28. The molecule has 1 N–H and O–H groups in total. The van der Waals surface area contributed by atoms with Crippen molar-refractivity contribution in [3.05, 3.63) is 83.7 Å². The molecule has 1 aromatic heterocycles. The molecule has 0 atom stereocenters. The van der Waals surface area contributed by atoms with E-state index in [0.717, 1.165) is 22.6 Å². The zero-order valence-corrected chi connectivity index (χ0v) is 14.5. The Kier molecular flexibility index (Phi) is 5.19. The molecule has 3 aromatic rings. The lowest BCUT2D eigenvalue weighted by molar-refractivity contribution is -0.123. The van der Waals surface area contributed by atoms with Crippen molar-refractivity contribution in [3.63, 3.8) is 0 Å². The van der Waals surface area contributed by atoms with Crippen LogP contribution < -0.4 is 10.1 Å². The summed E-state index contributed by atoms with van der Waals surface area (Å²) in [6.07, 6.45) is 0. The largest absolute Gasteiger partial charge is 0.484 e. The van der Waals surface area contributed by atoms with Crippen LogP contribution in [-0.2, 0) is 11.3 Å². The minimum atomic E-state index is -0.131. The summed E-state index contributed by atoms with van der Waals surface area (Å²) in [6.45, 7) is 4.65. The highest BCUT2D eigenvalue weighted by molar-refractivity contribution is 5.77. The summed E-state index contributed by atoms with van der Waals surface area (Å²) in [5.41, 5.74) is 4.51. The number of carbonyl (C=O) groups excluding carboxylic acids is 1. The summed E-state index contributed by atoms with van der Waals surface area (Å²) >= 11 is 0. The molecule has 1 heterocycles. The monoisotopic (exact) mass is 334 g/mol. The van der Waals surface area contributed by atoms with Crippen molar-refractivity contribution in [2.24, 2.45) is 0 Å². The molecule has 2 aromatic carbocycles. The average molecular weight is 334 g/mol. The summed E-state index contributed by atoms with van der Waals surface area (Å²) in [5.74, 6) is 0.563. The van der Waals surface area contributed by atoms with Crippen LogP contribution in [0, 0.1) is 13.8 Å². The van der Waals surface area contributed by atoms with Gasteiger partial charge in [0.2, 0.25) is 0 Å². The fraction of sp³-hybridized carbons (Fsp3) is 0.190. The van der Waals surface area contributed by atoms with Crippen molar-refractivity contribution >= 4 is 5.91 Å². The molecule has 0 aliphatic heterocycles. The molecule has 1 amide bonds. The second-order valence-corrected chi connectivity index (χ2v) is 5.95. The van der Waals surface area contributed by atoms with E-state index in [-0.39, 0.29) is 12.5 Å². The third kappa shape index (κ3) is 4.10. The van der Waals surface area contributed by atoms with Crippen molar-refractivity contribution < 1.29 is 9.53 Å². The van der Waals surface area contributed by atoms with E-state index >= 15 is 0 Å². The lowest BCUT2D eigenvalue weighted by Gasteiger charge is -2.10. The average Bonchev–Trinajstić information content (AvgIpc) is 2.93. The Labute approximate surface area is 148 Å². The van der Waals surface area contributed by atoms with Crippen molar-refractivity contribution in [2.45, 2.75) is 20.4 Å². The SMILES string of the molecule is Cc1cc(CNC(=O)COc2ccccc2)c(C)n1-c1ccccc1. The Morgan fingerprint density at radius 1 is 1.00 bits per heavy atom. The molecule has 4 heteroatoms. The van der Waals surface area contributed by atoms with Crippen molar-refractivity contribution in [1.82, 2.24) is 9.88 Å². The molecular weight excluding hydrogens is 312 g/mol. The number of para-hydroxylation sites is 2. The number of ether oxygens (including phenoxy) is 1. The molecule has 4 nitrogen and oxygen atoms in total. The van der Waals surface area contributed by atoms with Gasteiger partial charge >= 0.3 is 0 Å². The van der Waals surface area contributed by atoms with E-state index in [1.807, 2.05) is 48.5 Å². The summed E-state index contributed by atoms with van der Waals surface area (Å²) < 4.78 is 7.66.